The first-order valence-electron chi connectivity index (χ1n) is 13.9. The summed E-state index contributed by atoms with van der Waals surface area (Å²) in [5.41, 5.74) is 4.71. The van der Waals surface area contributed by atoms with Crippen LogP contribution in [0.15, 0.2) is 41.8 Å². The van der Waals surface area contributed by atoms with Crippen molar-refractivity contribution >= 4 is 39.6 Å². The molecule has 0 aliphatic heterocycles. The van der Waals surface area contributed by atoms with Gasteiger partial charge in [-0.2, -0.15) is 0 Å². The SMILES string of the molecule is C=C[C@@H]1C[C@]1(N)C(=O)NS(=O)(=O)c1ccccc1NC(=O)CCCCCC[C@H](NC(=O)OC1CCCC1)C(=O)OC. The van der Waals surface area contributed by atoms with Crippen LogP contribution < -0.4 is 21.1 Å². The number of esters is 1. The molecule has 41 heavy (non-hydrogen) atoms. The molecule has 0 unspecified atom stereocenters. The minimum absolute atomic E-state index is 0.0522. The third-order valence-electron chi connectivity index (χ3n) is 7.44. The number of ether oxygens (including phenoxy) is 2. The summed E-state index contributed by atoms with van der Waals surface area (Å²) >= 11 is 0. The summed E-state index contributed by atoms with van der Waals surface area (Å²) in [5.74, 6) is -2.05. The van der Waals surface area contributed by atoms with Gasteiger partial charge in [0.2, 0.25) is 5.91 Å². The van der Waals surface area contributed by atoms with Crippen LogP contribution in [-0.2, 0) is 33.9 Å². The van der Waals surface area contributed by atoms with Crippen molar-refractivity contribution in [2.45, 2.75) is 93.2 Å². The van der Waals surface area contributed by atoms with E-state index in [-0.39, 0.29) is 34.9 Å². The molecular formula is C28H40N4O8S. The molecule has 226 valence electrons. The number of unbranched alkanes of at least 4 members (excludes halogenated alkanes) is 3. The van der Waals surface area contributed by atoms with Crippen LogP contribution in [0.1, 0.15) is 70.6 Å². The molecular weight excluding hydrogens is 552 g/mol. The van der Waals surface area contributed by atoms with Gasteiger partial charge in [-0.05, 0) is 57.1 Å². The first-order valence-corrected chi connectivity index (χ1v) is 15.4. The molecule has 3 rings (SSSR count). The summed E-state index contributed by atoms with van der Waals surface area (Å²) in [6.45, 7) is 3.59. The molecule has 0 heterocycles. The maximum Gasteiger partial charge on any atom is 0.408 e. The standard InChI is InChI=1S/C28H40N4O8S/c1-3-19-18-28(19,29)26(35)32-41(37,38)23-16-11-10-14-21(23)30-24(33)17-7-5-4-6-15-22(25(34)39-2)31-27(36)40-20-12-8-9-13-20/h3,10-11,14,16,19-20,22H,1,4-9,12-13,15,17-18,29H2,2H3,(H,30,33)(H,31,36)(H,32,35)/t19-,22+,28-/m1/s1. The van der Waals surface area contributed by atoms with E-state index in [0.717, 1.165) is 25.7 Å². The lowest BCUT2D eigenvalue weighted by atomic mass is 10.1. The fourth-order valence-electron chi connectivity index (χ4n) is 4.86. The van der Waals surface area contributed by atoms with Crippen molar-refractivity contribution in [1.29, 1.82) is 0 Å². The zero-order valence-corrected chi connectivity index (χ0v) is 24.2. The van der Waals surface area contributed by atoms with Crippen LogP contribution in [0.25, 0.3) is 0 Å². The number of anilines is 1. The summed E-state index contributed by atoms with van der Waals surface area (Å²) in [7, 11) is -3.02. The molecule has 0 bridgehead atoms. The van der Waals surface area contributed by atoms with Crippen molar-refractivity contribution in [3.05, 3.63) is 36.9 Å². The second-order valence-electron chi connectivity index (χ2n) is 10.6. The number of methoxy groups -OCH3 is 1. The van der Waals surface area contributed by atoms with Gasteiger partial charge in [0.25, 0.3) is 15.9 Å². The Morgan fingerprint density at radius 1 is 1.12 bits per heavy atom. The van der Waals surface area contributed by atoms with Crippen LogP contribution in [0.2, 0.25) is 0 Å². The molecule has 2 aliphatic rings. The Labute approximate surface area is 240 Å². The Hall–Kier alpha value is -3.45. The lowest BCUT2D eigenvalue weighted by Crippen LogP contribution is -2.46. The van der Waals surface area contributed by atoms with Gasteiger partial charge in [-0.1, -0.05) is 37.5 Å². The molecule has 2 saturated carbocycles. The number of nitrogens with two attached hydrogens (primary N) is 1. The molecule has 5 N–H and O–H groups in total. The molecule has 0 spiro atoms. The number of rotatable bonds is 15. The number of hydrogen-bond donors (Lipinski definition) is 4. The van der Waals surface area contributed by atoms with Gasteiger partial charge < -0.3 is 25.8 Å². The zero-order chi connectivity index (χ0) is 30.0. The summed E-state index contributed by atoms with van der Waals surface area (Å²) in [5, 5.41) is 5.20. The Morgan fingerprint density at radius 3 is 2.46 bits per heavy atom. The van der Waals surface area contributed by atoms with E-state index in [4.69, 9.17) is 15.2 Å². The first kappa shape index (κ1) is 32.1. The molecule has 2 fully saturated rings. The van der Waals surface area contributed by atoms with Crippen molar-refractivity contribution in [1.82, 2.24) is 10.0 Å². The molecule has 1 aromatic carbocycles. The van der Waals surface area contributed by atoms with Crippen LogP contribution in [0.3, 0.4) is 0 Å². The first-order chi connectivity index (χ1) is 19.5. The molecule has 1 aromatic rings. The van der Waals surface area contributed by atoms with Gasteiger partial charge >= 0.3 is 12.1 Å². The predicted molar refractivity (Wildman–Crippen MR) is 151 cm³/mol. The van der Waals surface area contributed by atoms with Gasteiger partial charge in [-0.15, -0.1) is 6.58 Å². The quantitative estimate of drug-likeness (QED) is 0.135. The average Bonchev–Trinajstić information content (AvgIpc) is 3.35. The summed E-state index contributed by atoms with van der Waals surface area (Å²) in [6.07, 6.45) is 7.80. The maximum absolute atomic E-state index is 12.9. The largest absolute Gasteiger partial charge is 0.467 e. The fraction of sp³-hybridized carbons (Fsp3) is 0.571. The molecule has 0 radical (unpaired) electrons. The predicted octanol–water partition coefficient (Wildman–Crippen LogP) is 2.88. The Morgan fingerprint density at radius 2 is 1.80 bits per heavy atom. The molecule has 12 nitrogen and oxygen atoms in total. The van der Waals surface area contributed by atoms with E-state index in [1.807, 2.05) is 4.72 Å². The van der Waals surface area contributed by atoms with Gasteiger partial charge in [0.05, 0.1) is 12.8 Å². The highest BCUT2D eigenvalue weighted by Crippen LogP contribution is 2.42. The summed E-state index contributed by atoms with van der Waals surface area (Å²) in [6, 6.07) is 4.98. The van der Waals surface area contributed by atoms with Gasteiger partial charge in [0.1, 0.15) is 22.6 Å². The summed E-state index contributed by atoms with van der Waals surface area (Å²) < 4.78 is 38.0. The van der Waals surface area contributed by atoms with Crippen molar-refractivity contribution in [3.8, 4) is 0 Å². The number of benzene rings is 1. The number of alkyl carbamates (subject to hydrolysis) is 1. The van der Waals surface area contributed by atoms with E-state index in [1.165, 1.54) is 31.4 Å². The zero-order valence-electron chi connectivity index (χ0n) is 23.4. The van der Waals surface area contributed by atoms with Crippen LogP contribution in [-0.4, -0.2) is 57.1 Å². The minimum Gasteiger partial charge on any atom is -0.467 e. The normalized spacial score (nSPS) is 20.9. The Bertz CT molecular complexity index is 1230. The molecule has 2 aliphatic carbocycles. The second kappa shape index (κ2) is 14.4. The van der Waals surface area contributed by atoms with Gasteiger partial charge in [0.15, 0.2) is 0 Å². The highest BCUT2D eigenvalue weighted by Gasteiger charge is 2.56. The molecule has 13 heteroatoms. The van der Waals surface area contributed by atoms with Crippen LogP contribution >= 0.6 is 0 Å². The number of sulfonamides is 1. The number of nitrogens with one attached hydrogen (secondary N) is 3. The number of amides is 3. The van der Waals surface area contributed by atoms with E-state index in [0.29, 0.717) is 38.5 Å². The number of para-hydroxylation sites is 1. The van der Waals surface area contributed by atoms with E-state index in [2.05, 4.69) is 17.2 Å². The fourth-order valence-corrected chi connectivity index (χ4v) is 6.07. The van der Waals surface area contributed by atoms with Crippen molar-refractivity contribution in [2.24, 2.45) is 11.7 Å². The number of carbonyl (C=O) groups is 4. The van der Waals surface area contributed by atoms with Crippen molar-refractivity contribution in [3.63, 3.8) is 0 Å². The monoisotopic (exact) mass is 592 g/mol. The van der Waals surface area contributed by atoms with Crippen LogP contribution in [0.5, 0.6) is 0 Å². The van der Waals surface area contributed by atoms with Gasteiger partial charge in [0, 0.05) is 12.3 Å². The number of hydrogen-bond acceptors (Lipinski definition) is 9. The third kappa shape index (κ3) is 9.02. The van der Waals surface area contributed by atoms with E-state index in [1.54, 1.807) is 6.07 Å². The Kier molecular flexibility index (Phi) is 11.3. The average molecular weight is 593 g/mol. The third-order valence-corrected chi connectivity index (χ3v) is 8.83. The lowest BCUT2D eigenvalue weighted by Gasteiger charge is -2.18. The number of carbonyl (C=O) groups excluding carboxylic acids is 4. The van der Waals surface area contributed by atoms with E-state index >= 15 is 0 Å². The van der Waals surface area contributed by atoms with Gasteiger partial charge in [-0.25, -0.2) is 22.7 Å². The van der Waals surface area contributed by atoms with E-state index in [9.17, 15) is 27.6 Å². The summed E-state index contributed by atoms with van der Waals surface area (Å²) in [4.78, 5) is 49.0. The second-order valence-corrected chi connectivity index (χ2v) is 12.2. The topological polar surface area (TPSA) is 183 Å². The lowest BCUT2D eigenvalue weighted by molar-refractivity contribution is -0.143. The minimum atomic E-state index is -4.28. The highest BCUT2D eigenvalue weighted by molar-refractivity contribution is 7.90. The molecule has 0 aromatic heterocycles. The highest BCUT2D eigenvalue weighted by atomic mass is 32.2. The van der Waals surface area contributed by atoms with Crippen LogP contribution in [0, 0.1) is 5.92 Å². The molecule has 3 amide bonds. The van der Waals surface area contributed by atoms with Crippen molar-refractivity contribution in [2.75, 3.05) is 12.4 Å². The van der Waals surface area contributed by atoms with Gasteiger partial charge in [-0.3, -0.25) is 9.59 Å². The maximum atomic E-state index is 12.9. The van der Waals surface area contributed by atoms with E-state index < -0.39 is 39.6 Å². The van der Waals surface area contributed by atoms with Crippen LogP contribution in [0.4, 0.5) is 10.5 Å². The smallest absolute Gasteiger partial charge is 0.408 e. The Balaban J connectivity index is 1.41. The van der Waals surface area contributed by atoms with Crippen molar-refractivity contribution < 1.29 is 37.1 Å². The molecule has 0 saturated heterocycles. The molecule has 3 atom stereocenters.